The van der Waals surface area contributed by atoms with Crippen LogP contribution in [0.25, 0.3) is 33.2 Å². The minimum Gasteiger partial charge on any atom is -0.206 e. The van der Waals surface area contributed by atoms with Crippen molar-refractivity contribution in [3.05, 3.63) is 89.9 Å². The Balaban J connectivity index is 1.70. The molecular formula is C28H27FN+. The number of rotatable bonds is 3. The Labute approximate surface area is 177 Å². The van der Waals surface area contributed by atoms with Crippen molar-refractivity contribution >= 4 is 10.8 Å². The number of aromatic nitrogens is 1. The first-order valence-corrected chi connectivity index (χ1v) is 10.9. The number of benzene rings is 3. The molecule has 0 spiro atoms. The van der Waals surface area contributed by atoms with E-state index >= 15 is 0 Å². The minimum absolute atomic E-state index is 0.172. The number of hydrogen-bond donors (Lipinski definition) is 0. The van der Waals surface area contributed by atoms with Crippen LogP contribution in [-0.4, -0.2) is 0 Å². The van der Waals surface area contributed by atoms with E-state index < -0.39 is 0 Å². The highest BCUT2D eigenvalue weighted by Crippen LogP contribution is 2.37. The summed E-state index contributed by atoms with van der Waals surface area (Å²) in [6.45, 7) is 2.00. The molecule has 1 aromatic heterocycles. The zero-order valence-corrected chi connectivity index (χ0v) is 17.7. The predicted molar refractivity (Wildman–Crippen MR) is 122 cm³/mol. The minimum atomic E-state index is -0.172. The van der Waals surface area contributed by atoms with Crippen molar-refractivity contribution in [1.29, 1.82) is 0 Å². The molecular weight excluding hydrogens is 369 g/mol. The molecule has 0 N–H and O–H groups in total. The van der Waals surface area contributed by atoms with Crippen molar-refractivity contribution in [3.63, 3.8) is 0 Å². The Morgan fingerprint density at radius 1 is 0.867 bits per heavy atom. The first kappa shape index (κ1) is 19.0. The summed E-state index contributed by atoms with van der Waals surface area (Å²) in [6, 6.07) is 22.6. The summed E-state index contributed by atoms with van der Waals surface area (Å²) in [5, 5.41) is 2.48. The molecule has 1 heterocycles. The van der Waals surface area contributed by atoms with Gasteiger partial charge < -0.3 is 0 Å². The molecule has 0 radical (unpaired) electrons. The van der Waals surface area contributed by atoms with E-state index in [1.807, 2.05) is 43.3 Å². The van der Waals surface area contributed by atoms with E-state index in [0.29, 0.717) is 11.5 Å². The van der Waals surface area contributed by atoms with Crippen LogP contribution in [0.1, 0.15) is 42.7 Å². The lowest BCUT2D eigenvalue weighted by Crippen LogP contribution is -2.30. The second-order valence-corrected chi connectivity index (χ2v) is 8.62. The van der Waals surface area contributed by atoms with Crippen molar-refractivity contribution in [2.45, 2.75) is 38.5 Å². The lowest BCUT2D eigenvalue weighted by molar-refractivity contribution is -0.659. The second-order valence-electron chi connectivity index (χ2n) is 8.62. The van der Waals surface area contributed by atoms with Gasteiger partial charge in [-0.2, -0.15) is 0 Å². The van der Waals surface area contributed by atoms with Gasteiger partial charge in [-0.15, -0.1) is 0 Å². The third-order valence-electron chi connectivity index (χ3n) is 6.64. The van der Waals surface area contributed by atoms with Gasteiger partial charge in [-0.25, -0.2) is 8.96 Å². The van der Waals surface area contributed by atoms with Crippen molar-refractivity contribution in [2.24, 2.45) is 7.05 Å². The summed E-state index contributed by atoms with van der Waals surface area (Å²) in [6.07, 6.45) is 7.41. The summed E-state index contributed by atoms with van der Waals surface area (Å²) in [5.74, 6) is 0.526. The van der Waals surface area contributed by atoms with Gasteiger partial charge in [0, 0.05) is 11.6 Å². The number of aryl methyl sites for hydroxylation is 2. The molecule has 3 aromatic carbocycles. The standard InChI is InChI=1S/C28H27FN/c1-19-16-27(29)26(21-10-4-3-5-11-21)18-25(19)28-24-13-12-22(20-8-6-7-9-20)17-23(24)14-15-30(28)2/h3-5,10-18,20H,6-9H2,1-2H3/q+1. The molecule has 1 saturated carbocycles. The molecule has 4 aromatic rings. The van der Waals surface area contributed by atoms with Crippen LogP contribution in [0, 0.1) is 12.7 Å². The Morgan fingerprint density at radius 3 is 2.40 bits per heavy atom. The molecule has 1 nitrogen and oxygen atoms in total. The number of fused-ring (bicyclic) bond motifs is 1. The zero-order chi connectivity index (χ0) is 20.7. The zero-order valence-electron chi connectivity index (χ0n) is 17.7. The number of halogens is 1. The van der Waals surface area contributed by atoms with Gasteiger partial charge in [0.1, 0.15) is 12.9 Å². The molecule has 5 rings (SSSR count). The Morgan fingerprint density at radius 2 is 1.63 bits per heavy atom. The van der Waals surface area contributed by atoms with Gasteiger partial charge >= 0.3 is 0 Å². The summed E-state index contributed by atoms with van der Waals surface area (Å²) in [5.41, 5.74) is 6.19. The molecule has 150 valence electrons. The smallest absolute Gasteiger partial charge is 0.206 e. The lowest BCUT2D eigenvalue weighted by Gasteiger charge is -2.14. The monoisotopic (exact) mass is 396 g/mol. The fourth-order valence-electron chi connectivity index (χ4n) is 5.01. The van der Waals surface area contributed by atoms with E-state index in [1.165, 1.54) is 42.0 Å². The van der Waals surface area contributed by atoms with E-state index in [4.69, 9.17) is 0 Å². The molecule has 0 amide bonds. The predicted octanol–water partition coefficient (Wildman–Crippen LogP) is 7.10. The molecule has 0 unspecified atom stereocenters. The van der Waals surface area contributed by atoms with Crippen molar-refractivity contribution in [2.75, 3.05) is 0 Å². The Hall–Kier alpha value is -3.00. The van der Waals surface area contributed by atoms with Gasteiger partial charge in [-0.3, -0.25) is 0 Å². The van der Waals surface area contributed by atoms with Crippen LogP contribution < -0.4 is 4.57 Å². The van der Waals surface area contributed by atoms with Crippen LogP contribution in [0.5, 0.6) is 0 Å². The summed E-state index contributed by atoms with van der Waals surface area (Å²) >= 11 is 0. The third-order valence-corrected chi connectivity index (χ3v) is 6.64. The molecule has 0 bridgehead atoms. The van der Waals surface area contributed by atoms with Gasteiger partial charge in [0.25, 0.3) is 0 Å². The molecule has 2 heteroatoms. The lowest BCUT2D eigenvalue weighted by atomic mass is 9.92. The number of pyridine rings is 1. The van der Waals surface area contributed by atoms with Gasteiger partial charge in [0.15, 0.2) is 6.20 Å². The topological polar surface area (TPSA) is 3.88 Å². The Kier molecular flexibility index (Phi) is 4.86. The van der Waals surface area contributed by atoms with Gasteiger partial charge in [0.05, 0.1) is 10.9 Å². The van der Waals surface area contributed by atoms with E-state index in [0.717, 1.165) is 22.4 Å². The quantitative estimate of drug-likeness (QED) is 0.325. The third kappa shape index (κ3) is 3.31. The first-order valence-electron chi connectivity index (χ1n) is 10.9. The highest BCUT2D eigenvalue weighted by atomic mass is 19.1. The second kappa shape index (κ2) is 7.68. The van der Waals surface area contributed by atoms with Crippen molar-refractivity contribution < 1.29 is 8.96 Å². The van der Waals surface area contributed by atoms with Crippen LogP contribution in [0.4, 0.5) is 4.39 Å². The van der Waals surface area contributed by atoms with Crippen LogP contribution in [0.2, 0.25) is 0 Å². The molecule has 0 atom stereocenters. The van der Waals surface area contributed by atoms with Crippen LogP contribution in [-0.2, 0) is 7.05 Å². The number of hydrogen-bond acceptors (Lipinski definition) is 0. The Bertz CT molecular complexity index is 1220. The van der Waals surface area contributed by atoms with Crippen LogP contribution >= 0.6 is 0 Å². The molecule has 30 heavy (non-hydrogen) atoms. The molecule has 1 fully saturated rings. The highest BCUT2D eigenvalue weighted by Gasteiger charge is 2.22. The van der Waals surface area contributed by atoms with E-state index in [-0.39, 0.29) is 5.82 Å². The largest absolute Gasteiger partial charge is 0.220 e. The van der Waals surface area contributed by atoms with Crippen molar-refractivity contribution in [3.8, 4) is 22.4 Å². The van der Waals surface area contributed by atoms with Crippen LogP contribution in [0.3, 0.4) is 0 Å². The average molecular weight is 397 g/mol. The maximum absolute atomic E-state index is 14.9. The SMILES string of the molecule is Cc1cc(F)c(-c2ccccc2)cc1-c1c2ccc(C3CCCC3)cc2cc[n+]1C. The van der Waals surface area contributed by atoms with Gasteiger partial charge in [0.2, 0.25) is 5.69 Å². The van der Waals surface area contributed by atoms with Gasteiger partial charge in [-0.1, -0.05) is 55.3 Å². The van der Waals surface area contributed by atoms with Gasteiger partial charge in [-0.05, 0) is 66.0 Å². The summed E-state index contributed by atoms with van der Waals surface area (Å²) < 4.78 is 17.0. The molecule has 0 saturated heterocycles. The maximum atomic E-state index is 14.9. The molecule has 1 aliphatic carbocycles. The average Bonchev–Trinajstić information content (AvgIpc) is 3.30. The summed E-state index contributed by atoms with van der Waals surface area (Å²) in [7, 11) is 2.07. The van der Waals surface area contributed by atoms with E-state index in [1.54, 1.807) is 6.07 Å². The normalized spacial score (nSPS) is 14.5. The first-order chi connectivity index (χ1) is 14.6. The molecule has 0 aliphatic heterocycles. The van der Waals surface area contributed by atoms with E-state index in [9.17, 15) is 4.39 Å². The van der Waals surface area contributed by atoms with Crippen LogP contribution in [0.15, 0.2) is 72.9 Å². The number of nitrogens with zero attached hydrogens (tertiary/aromatic N) is 1. The molecule has 1 aliphatic rings. The van der Waals surface area contributed by atoms with E-state index in [2.05, 4.69) is 42.1 Å². The maximum Gasteiger partial charge on any atom is 0.220 e. The highest BCUT2D eigenvalue weighted by molar-refractivity contribution is 5.94. The summed E-state index contributed by atoms with van der Waals surface area (Å²) in [4.78, 5) is 0. The fourth-order valence-corrected chi connectivity index (χ4v) is 5.01. The fraction of sp³-hybridized carbons (Fsp3) is 0.250. The van der Waals surface area contributed by atoms with Crippen molar-refractivity contribution in [1.82, 2.24) is 0 Å².